The number of rotatable bonds is 10. The predicted molar refractivity (Wildman–Crippen MR) is 365 cm³/mol. The molecule has 7 aromatic rings. The summed E-state index contributed by atoms with van der Waals surface area (Å²) in [5.41, 5.74) is 5.02. The Morgan fingerprint density at radius 1 is 0.577 bits per heavy atom. The Balaban J connectivity index is 0.000000130. The first-order chi connectivity index (χ1) is 47.3. The Labute approximate surface area is 569 Å². The number of nitriles is 2. The first kappa shape index (κ1) is 68.3. The highest BCUT2D eigenvalue weighted by Crippen LogP contribution is 2.65. The van der Waals surface area contributed by atoms with Crippen LogP contribution in [-0.2, 0) is 19.2 Å². The largest absolute Gasteiger partial charge is 0.341 e. The van der Waals surface area contributed by atoms with Crippen LogP contribution in [0.25, 0.3) is 11.5 Å². The lowest BCUT2D eigenvalue weighted by atomic mass is 9.67. The fourth-order valence-electron chi connectivity index (χ4n) is 14.5. The van der Waals surface area contributed by atoms with E-state index >= 15 is 0 Å². The van der Waals surface area contributed by atoms with Crippen LogP contribution in [0, 0.1) is 57.2 Å². The van der Waals surface area contributed by atoms with Crippen LogP contribution in [0.2, 0.25) is 5.28 Å². The second-order valence-corrected chi connectivity index (χ2v) is 26.0. The standard InChI is InChI=1S/C20H21N9O.C20H20N6O.C15H19N3O.C11H18O.C5H2ClN3/c30-19(29-17(7-11-22-29)14-4-2-1-3-5-14)15-8-12-28(13-9-15)20-21-10-6-16(23-20)18-24-26-27-25-18;21-14-17-6-10-22-20(24-17)25-12-8-16(9-13-25)19(27)26-18(7-11-23-26)15-4-2-1-3-5-15;19-15(13-6-9-16-10-7-13)18-14(8-11-17-18)12-4-2-1-3-5-12;1-4-11-6-5-8(7-9(11)12)10(11,2)3;6-5-8-2-1-4(3-7)9-5/h1-6,10-11,15,17H,7-9,12-13H2,(H,24,25,26,27);1-6,10-11,16,18H,7-9,12-13H2;1-5,11,13-14,16H,6-10H2;8H,4-7H2,1-3H3;1-2H/t17-;18-;14-;8?,11-;/m0000./s1. The van der Waals surface area contributed by atoms with Crippen LogP contribution >= 0.6 is 11.6 Å². The molecule has 6 aliphatic heterocycles. The lowest BCUT2D eigenvalue weighted by Crippen LogP contribution is -2.41. The average Bonchev–Trinajstić information content (AvgIpc) is 1.56. The zero-order valence-electron chi connectivity index (χ0n) is 54.8. The first-order valence-corrected chi connectivity index (χ1v) is 33.8. The van der Waals surface area contributed by atoms with Crippen LogP contribution in [-0.4, -0.2) is 147 Å². The Morgan fingerprint density at radius 2 is 1.02 bits per heavy atom. The van der Waals surface area contributed by atoms with Crippen molar-refractivity contribution in [1.29, 1.82) is 10.5 Å². The van der Waals surface area contributed by atoms with Gasteiger partial charge in [-0.15, -0.1) is 10.2 Å². The number of tetrazole rings is 1. The maximum absolute atomic E-state index is 13.2. The van der Waals surface area contributed by atoms with Gasteiger partial charge in [0.15, 0.2) is 0 Å². The van der Waals surface area contributed by atoms with E-state index < -0.39 is 0 Å². The van der Waals surface area contributed by atoms with Crippen molar-refractivity contribution in [3.63, 3.8) is 0 Å². The summed E-state index contributed by atoms with van der Waals surface area (Å²) in [4.78, 5) is 79.3. The summed E-state index contributed by atoms with van der Waals surface area (Å²) in [7, 11) is 0. The van der Waals surface area contributed by atoms with Crippen LogP contribution < -0.4 is 15.1 Å². The fraction of sp³-hybridized carbons (Fsp3) is 0.437. The highest BCUT2D eigenvalue weighted by molar-refractivity contribution is 6.28. The Hall–Kier alpha value is -10.1. The molecular weight excluding hydrogens is 1250 g/mol. The number of H-pyrrole nitrogens is 1. The molecule has 2 bridgehead atoms. The Morgan fingerprint density at radius 3 is 1.41 bits per heavy atom. The number of fused-ring (bicyclic) bond motifs is 2. The van der Waals surface area contributed by atoms with E-state index in [9.17, 15) is 19.2 Å². The summed E-state index contributed by atoms with van der Waals surface area (Å²) in [6, 6.07) is 39.1. The van der Waals surface area contributed by atoms with E-state index in [1.165, 1.54) is 24.2 Å². The van der Waals surface area contributed by atoms with Crippen LogP contribution in [0.5, 0.6) is 0 Å². The van der Waals surface area contributed by atoms with Gasteiger partial charge in [-0.1, -0.05) is 112 Å². The molecular formula is C71H80ClN21O4. The van der Waals surface area contributed by atoms with Crippen LogP contribution in [0.15, 0.2) is 143 Å². The van der Waals surface area contributed by atoms with Gasteiger partial charge in [-0.3, -0.25) is 19.2 Å². The van der Waals surface area contributed by atoms with E-state index in [0.29, 0.717) is 72.4 Å². The molecule has 4 aromatic heterocycles. The molecule has 2 N–H and O–H groups in total. The second kappa shape index (κ2) is 32.1. The van der Waals surface area contributed by atoms with Crippen LogP contribution in [0.3, 0.4) is 0 Å². The SMILES string of the molecule is CC[C@]12CCC(CC1=O)C2(C)C.N#Cc1ccnc(Cl)n1.N#Cc1ccnc(N2CCC(C(=O)N3N=CC[C@H]3c3ccccc3)CC2)n1.O=C(C1CCN(c2nccc(-c3nn[nH]n3)n2)CC1)N1N=CC[C@H]1c1ccccc1.O=C(C1CCNCC1)N1N=CC[C@H]1c1ccccc1. The maximum Gasteiger partial charge on any atom is 0.246 e. The highest BCUT2D eigenvalue weighted by atomic mass is 35.5. The first-order valence-electron chi connectivity index (χ1n) is 33.4. The molecule has 3 amide bonds. The molecule has 1 unspecified atom stereocenters. The molecule has 15 rings (SSSR count). The smallest absolute Gasteiger partial charge is 0.246 e. The molecule has 0 spiro atoms. The normalized spacial score (nSPS) is 22.4. The Kier molecular flexibility index (Phi) is 22.6. The number of nitrogens with one attached hydrogen (secondary N) is 2. The summed E-state index contributed by atoms with van der Waals surface area (Å²) < 4.78 is 0. The number of aromatic nitrogens is 10. The van der Waals surface area contributed by atoms with Gasteiger partial charge < -0.3 is 15.1 Å². The van der Waals surface area contributed by atoms with Gasteiger partial charge in [0.1, 0.15) is 35.0 Å². The molecule has 3 aromatic carbocycles. The molecule has 8 aliphatic rings. The van der Waals surface area contributed by atoms with Crippen LogP contribution in [0.4, 0.5) is 11.9 Å². The molecule has 26 heteroatoms. The minimum Gasteiger partial charge on any atom is -0.341 e. The summed E-state index contributed by atoms with van der Waals surface area (Å²) in [6.45, 7) is 11.4. The number of aromatic amines is 1. The minimum absolute atomic E-state index is 0.00706. The second-order valence-electron chi connectivity index (χ2n) is 25.6. The van der Waals surface area contributed by atoms with Crippen molar-refractivity contribution in [2.24, 2.45) is 49.8 Å². The van der Waals surface area contributed by atoms with Gasteiger partial charge in [0.05, 0.1) is 18.1 Å². The number of piperidine rings is 3. The predicted octanol–water partition coefficient (Wildman–Crippen LogP) is 10.1. The minimum atomic E-state index is -0.0538. The maximum atomic E-state index is 13.2. The number of ketones is 1. The van der Waals surface area contributed by atoms with Crippen molar-refractivity contribution < 1.29 is 19.2 Å². The molecule has 10 heterocycles. The molecule has 3 saturated heterocycles. The number of nitrogens with zero attached hydrogens (tertiary/aromatic N) is 19. The van der Waals surface area contributed by atoms with Crippen molar-refractivity contribution in [2.45, 2.75) is 122 Å². The Bertz CT molecular complexity index is 3980. The highest BCUT2D eigenvalue weighted by Gasteiger charge is 2.62. The third-order valence-electron chi connectivity index (χ3n) is 20.1. The van der Waals surface area contributed by atoms with Gasteiger partial charge >= 0.3 is 0 Å². The van der Waals surface area contributed by atoms with Crippen molar-refractivity contribution in [3.8, 4) is 23.7 Å². The molecule has 2 aliphatic carbocycles. The number of Topliss-reactive ketones (excluding diaryl/α,β-unsaturated/α-hetero) is 1. The van der Waals surface area contributed by atoms with Gasteiger partial charge in [-0.05, 0) is 134 Å². The van der Waals surface area contributed by atoms with Crippen molar-refractivity contribution >= 4 is 65.6 Å². The van der Waals surface area contributed by atoms with Gasteiger partial charge in [-0.2, -0.15) is 31.0 Å². The van der Waals surface area contributed by atoms with Crippen LogP contribution in [0.1, 0.15) is 150 Å². The zero-order valence-corrected chi connectivity index (χ0v) is 55.6. The van der Waals surface area contributed by atoms with Crippen molar-refractivity contribution in [3.05, 3.63) is 161 Å². The number of amides is 3. The van der Waals surface area contributed by atoms with E-state index in [0.717, 1.165) is 101 Å². The lowest BCUT2D eigenvalue weighted by molar-refractivity contribution is -0.138. The number of anilines is 2. The number of carbonyl (C=O) groups is 4. The number of halogens is 1. The third-order valence-corrected chi connectivity index (χ3v) is 20.3. The summed E-state index contributed by atoms with van der Waals surface area (Å²) >= 11 is 5.35. The lowest BCUT2D eigenvalue weighted by Gasteiger charge is -2.35. The molecule has 25 nitrogen and oxygen atoms in total. The topological polar surface area (TPSA) is 313 Å². The van der Waals surface area contributed by atoms with E-state index in [1.807, 2.05) is 102 Å². The van der Waals surface area contributed by atoms with E-state index in [4.69, 9.17) is 22.1 Å². The molecule has 97 heavy (non-hydrogen) atoms. The molecule has 2 saturated carbocycles. The number of hydrogen-bond donors (Lipinski definition) is 2. The molecule has 5 fully saturated rings. The monoisotopic (exact) mass is 1330 g/mol. The molecule has 5 atom stereocenters. The summed E-state index contributed by atoms with van der Waals surface area (Å²) in [5, 5.41) is 52.7. The summed E-state index contributed by atoms with van der Waals surface area (Å²) in [6.07, 6.45) is 21.7. The number of hydrazone groups is 3. The van der Waals surface area contributed by atoms with E-state index in [1.54, 1.807) is 39.6 Å². The number of benzene rings is 3. The average molecular weight is 1330 g/mol. The van der Waals surface area contributed by atoms with E-state index in [-0.39, 0.29) is 70.0 Å². The van der Waals surface area contributed by atoms with Gasteiger partial charge in [0, 0.05) is 112 Å². The van der Waals surface area contributed by atoms with Crippen molar-refractivity contribution in [1.82, 2.24) is 70.9 Å². The van der Waals surface area contributed by atoms with E-state index in [2.05, 4.69) is 121 Å². The number of hydrogen-bond acceptors (Lipinski definition) is 21. The zero-order chi connectivity index (χ0) is 67.7. The molecule has 500 valence electrons. The quantitative estimate of drug-likeness (QED) is 0.120. The molecule has 0 radical (unpaired) electrons. The van der Waals surface area contributed by atoms with Crippen molar-refractivity contribution in [2.75, 3.05) is 49.1 Å². The van der Waals surface area contributed by atoms with Gasteiger partial charge in [0.2, 0.25) is 40.7 Å². The third kappa shape index (κ3) is 15.9. The summed E-state index contributed by atoms with van der Waals surface area (Å²) in [5.74, 6) is 3.23. The number of carbonyl (C=O) groups excluding carboxylic acids is 4. The fourth-order valence-corrected chi connectivity index (χ4v) is 14.6. The van der Waals surface area contributed by atoms with Gasteiger partial charge in [-0.25, -0.2) is 44.9 Å². The van der Waals surface area contributed by atoms with Gasteiger partial charge in [0.25, 0.3) is 0 Å².